The predicted molar refractivity (Wildman–Crippen MR) is 111 cm³/mol. The average Bonchev–Trinajstić information content (AvgIpc) is 3.19. The number of hydrogen-bond donors (Lipinski definition) is 1. The molecule has 3 aromatic rings. The molecule has 11 heteroatoms. The zero-order chi connectivity index (χ0) is 20.8. The number of benzene rings is 2. The smallest absolute Gasteiger partial charge is 0.258 e. The van der Waals surface area contributed by atoms with Gasteiger partial charge in [-0.05, 0) is 36.4 Å². The van der Waals surface area contributed by atoms with E-state index in [9.17, 15) is 18.0 Å². The quantitative estimate of drug-likeness (QED) is 0.652. The number of sulfonamides is 1. The van der Waals surface area contributed by atoms with Crippen molar-refractivity contribution < 1.29 is 22.7 Å². The molecule has 4 rings (SSSR count). The molecule has 1 N–H and O–H groups in total. The molecule has 1 aliphatic heterocycles. The minimum Gasteiger partial charge on any atom is -0.497 e. The monoisotopic (exact) mass is 451 g/mol. The molecule has 0 unspecified atom stereocenters. The molecule has 2 heterocycles. The van der Waals surface area contributed by atoms with Gasteiger partial charge in [0.1, 0.15) is 5.75 Å². The van der Waals surface area contributed by atoms with Crippen molar-refractivity contribution in [2.75, 3.05) is 22.5 Å². The van der Waals surface area contributed by atoms with Gasteiger partial charge < -0.3 is 4.74 Å². The number of rotatable bonds is 4. The second-order valence-corrected chi connectivity index (χ2v) is 9.57. The number of nitrogens with zero attached hydrogens (tertiary/aromatic N) is 2. The van der Waals surface area contributed by atoms with Crippen molar-refractivity contribution in [3.63, 3.8) is 0 Å². The molecule has 1 saturated heterocycles. The van der Waals surface area contributed by atoms with Gasteiger partial charge in [0.2, 0.25) is 15.9 Å². The molecule has 0 aliphatic carbocycles. The molecule has 0 spiro atoms. The summed E-state index contributed by atoms with van der Waals surface area (Å²) in [4.78, 5) is 28.9. The van der Waals surface area contributed by atoms with E-state index in [-0.39, 0.29) is 28.4 Å². The number of amides is 2. The number of nitrogens with one attached hydrogen (secondary N) is 1. The van der Waals surface area contributed by atoms with Crippen LogP contribution in [0.25, 0.3) is 10.2 Å². The number of hydrogen-bond acceptors (Lipinski definition) is 7. The first kappa shape index (κ1) is 19.6. The molecule has 150 valence electrons. The highest BCUT2D eigenvalue weighted by molar-refractivity contribution is 7.94. The van der Waals surface area contributed by atoms with Crippen LogP contribution in [0.1, 0.15) is 16.8 Å². The van der Waals surface area contributed by atoms with E-state index in [1.807, 2.05) is 6.07 Å². The van der Waals surface area contributed by atoms with Gasteiger partial charge in [0.15, 0.2) is 5.13 Å². The molecule has 0 saturated carbocycles. The Kier molecular flexibility index (Phi) is 4.93. The lowest BCUT2D eigenvalue weighted by Crippen LogP contribution is -2.29. The Bertz CT molecular complexity index is 1260. The van der Waals surface area contributed by atoms with Crippen LogP contribution in [0, 0.1) is 0 Å². The third-order valence-electron chi connectivity index (χ3n) is 4.33. The number of ether oxygens (including phenoxy) is 1. The van der Waals surface area contributed by atoms with Crippen LogP contribution in [-0.2, 0) is 14.8 Å². The van der Waals surface area contributed by atoms with Crippen LogP contribution in [0.5, 0.6) is 5.75 Å². The van der Waals surface area contributed by atoms with Crippen molar-refractivity contribution in [2.24, 2.45) is 0 Å². The van der Waals surface area contributed by atoms with Crippen molar-refractivity contribution >= 4 is 65.8 Å². The van der Waals surface area contributed by atoms with Crippen LogP contribution in [0.15, 0.2) is 36.4 Å². The summed E-state index contributed by atoms with van der Waals surface area (Å²) in [5.74, 6) is -0.580. The maximum Gasteiger partial charge on any atom is 0.258 e. The van der Waals surface area contributed by atoms with E-state index in [1.54, 1.807) is 19.2 Å². The van der Waals surface area contributed by atoms with Crippen LogP contribution >= 0.6 is 22.9 Å². The van der Waals surface area contributed by atoms with Crippen LogP contribution in [0.4, 0.5) is 10.8 Å². The largest absolute Gasteiger partial charge is 0.497 e. The summed E-state index contributed by atoms with van der Waals surface area (Å²) in [6, 6.07) is 9.43. The van der Waals surface area contributed by atoms with E-state index in [2.05, 4.69) is 10.3 Å². The van der Waals surface area contributed by atoms with Gasteiger partial charge in [0, 0.05) is 6.42 Å². The molecule has 0 bridgehead atoms. The predicted octanol–water partition coefficient (Wildman–Crippen LogP) is 3.28. The van der Waals surface area contributed by atoms with E-state index in [4.69, 9.17) is 16.3 Å². The summed E-state index contributed by atoms with van der Waals surface area (Å²) in [7, 11) is -2.14. The Morgan fingerprint density at radius 2 is 2.07 bits per heavy atom. The lowest BCUT2D eigenvalue weighted by molar-refractivity contribution is -0.116. The van der Waals surface area contributed by atoms with E-state index >= 15 is 0 Å². The first-order valence-corrected chi connectivity index (χ1v) is 11.2. The van der Waals surface area contributed by atoms with Crippen molar-refractivity contribution in [3.05, 3.63) is 47.0 Å². The Balaban J connectivity index is 1.59. The maximum atomic E-state index is 12.6. The van der Waals surface area contributed by atoms with Crippen LogP contribution in [0.2, 0.25) is 5.02 Å². The minimum absolute atomic E-state index is 0.0256. The molecular weight excluding hydrogens is 438 g/mol. The van der Waals surface area contributed by atoms with Gasteiger partial charge in [-0.3, -0.25) is 14.9 Å². The number of methoxy groups -OCH3 is 1. The topological polar surface area (TPSA) is 106 Å². The van der Waals surface area contributed by atoms with Gasteiger partial charge in [-0.25, -0.2) is 17.7 Å². The Hall–Kier alpha value is -2.69. The third kappa shape index (κ3) is 3.66. The van der Waals surface area contributed by atoms with Gasteiger partial charge in [-0.1, -0.05) is 22.9 Å². The summed E-state index contributed by atoms with van der Waals surface area (Å²) in [6.07, 6.45) is -0.0788. The number of halogens is 1. The maximum absolute atomic E-state index is 12.6. The average molecular weight is 452 g/mol. The Labute approximate surface area is 175 Å². The van der Waals surface area contributed by atoms with Gasteiger partial charge in [0.25, 0.3) is 5.91 Å². The molecule has 1 aromatic heterocycles. The number of carbonyl (C=O) groups is 2. The summed E-state index contributed by atoms with van der Waals surface area (Å²) < 4.78 is 30.8. The first-order valence-electron chi connectivity index (χ1n) is 8.40. The van der Waals surface area contributed by atoms with Gasteiger partial charge in [-0.2, -0.15) is 0 Å². The standard InChI is InChI=1S/C18H14ClN3O5S2/c1-27-11-3-5-14-15(9-11)28-18(20-14)21-17(24)12-4-2-10(8-13(12)19)22-16(23)6-7-29(22,25)26/h2-5,8-9H,6-7H2,1H3,(H,20,21,24). The summed E-state index contributed by atoms with van der Waals surface area (Å²) in [5.41, 5.74) is 0.961. The zero-order valence-corrected chi connectivity index (χ0v) is 17.4. The molecule has 8 nitrogen and oxygen atoms in total. The molecule has 29 heavy (non-hydrogen) atoms. The normalized spacial score (nSPS) is 15.7. The third-order valence-corrected chi connectivity index (χ3v) is 7.26. The van der Waals surface area contributed by atoms with Crippen molar-refractivity contribution in [3.8, 4) is 5.75 Å². The number of anilines is 2. The number of carbonyl (C=O) groups excluding carboxylic acids is 2. The van der Waals surface area contributed by atoms with E-state index < -0.39 is 21.8 Å². The van der Waals surface area contributed by atoms with Gasteiger partial charge in [-0.15, -0.1) is 0 Å². The van der Waals surface area contributed by atoms with Crippen molar-refractivity contribution in [1.82, 2.24) is 4.98 Å². The molecule has 2 aromatic carbocycles. The molecular formula is C18H14ClN3O5S2. The first-order chi connectivity index (χ1) is 13.8. The van der Waals surface area contributed by atoms with Gasteiger partial charge >= 0.3 is 0 Å². The Morgan fingerprint density at radius 1 is 1.28 bits per heavy atom. The number of aromatic nitrogens is 1. The number of fused-ring (bicyclic) bond motifs is 1. The van der Waals surface area contributed by atoms with Crippen LogP contribution in [0.3, 0.4) is 0 Å². The van der Waals surface area contributed by atoms with Crippen molar-refractivity contribution in [2.45, 2.75) is 6.42 Å². The fourth-order valence-corrected chi connectivity index (χ4v) is 5.53. The van der Waals surface area contributed by atoms with Crippen LogP contribution < -0.4 is 14.4 Å². The summed E-state index contributed by atoms with van der Waals surface area (Å²) >= 11 is 7.48. The molecule has 0 radical (unpaired) electrons. The molecule has 1 fully saturated rings. The highest BCUT2D eigenvalue weighted by Crippen LogP contribution is 2.32. The minimum atomic E-state index is -3.70. The summed E-state index contributed by atoms with van der Waals surface area (Å²) in [6.45, 7) is 0. The lowest BCUT2D eigenvalue weighted by atomic mass is 10.2. The second-order valence-electron chi connectivity index (χ2n) is 6.20. The van der Waals surface area contributed by atoms with Crippen molar-refractivity contribution in [1.29, 1.82) is 0 Å². The highest BCUT2D eigenvalue weighted by Gasteiger charge is 2.36. The second kappa shape index (κ2) is 7.29. The van der Waals surface area contributed by atoms with Gasteiger partial charge in [0.05, 0.1) is 39.4 Å². The SMILES string of the molecule is COc1ccc2nc(NC(=O)c3ccc(N4C(=O)CCS4(=O)=O)cc3Cl)sc2c1. The lowest BCUT2D eigenvalue weighted by Gasteiger charge is -2.16. The molecule has 2 amide bonds. The zero-order valence-electron chi connectivity index (χ0n) is 15.0. The Morgan fingerprint density at radius 3 is 2.72 bits per heavy atom. The summed E-state index contributed by atoms with van der Waals surface area (Å²) in [5, 5.41) is 3.09. The van der Waals surface area contributed by atoms with E-state index in [0.717, 1.165) is 9.01 Å². The molecule has 0 atom stereocenters. The van der Waals surface area contributed by atoms with Crippen LogP contribution in [-0.4, -0.2) is 38.1 Å². The number of thiazole rings is 1. The highest BCUT2D eigenvalue weighted by atomic mass is 35.5. The fourth-order valence-electron chi connectivity index (χ4n) is 2.93. The van der Waals surface area contributed by atoms with E-state index in [1.165, 1.54) is 29.5 Å². The molecule has 1 aliphatic rings. The fraction of sp³-hybridized carbons (Fsp3) is 0.167. The van der Waals surface area contributed by atoms with E-state index in [0.29, 0.717) is 16.4 Å².